The molecule has 1 heterocycles. The minimum Gasteiger partial charge on any atom is -0.478 e. The first-order valence-electron chi connectivity index (χ1n) is 6.81. The summed E-state index contributed by atoms with van der Waals surface area (Å²) in [7, 11) is 0. The van der Waals surface area contributed by atoms with Gasteiger partial charge in [0, 0.05) is 19.7 Å². The number of hydrogen-bond donors (Lipinski definition) is 2. The van der Waals surface area contributed by atoms with Crippen molar-refractivity contribution in [2.24, 2.45) is 5.92 Å². The maximum absolute atomic E-state index is 12.2. The lowest BCUT2D eigenvalue weighted by Gasteiger charge is -2.31. The number of hydrogen-bond acceptors (Lipinski definition) is 3. The van der Waals surface area contributed by atoms with Crippen LogP contribution in [0.5, 0.6) is 0 Å². The van der Waals surface area contributed by atoms with Gasteiger partial charge in [-0.3, -0.25) is 4.79 Å². The molecule has 5 heteroatoms. The Hall–Kier alpha value is -1.88. The first-order chi connectivity index (χ1) is 9.61. The minimum atomic E-state index is -1.01. The predicted molar refractivity (Wildman–Crippen MR) is 73.5 cm³/mol. The van der Waals surface area contributed by atoms with Crippen molar-refractivity contribution in [3.05, 3.63) is 35.4 Å². The first kappa shape index (κ1) is 14.5. The maximum Gasteiger partial charge on any atom is 0.335 e. The summed E-state index contributed by atoms with van der Waals surface area (Å²) in [6, 6.07) is 6.60. The molecule has 1 saturated heterocycles. The highest BCUT2D eigenvalue weighted by Gasteiger charge is 2.23. The van der Waals surface area contributed by atoms with Gasteiger partial charge in [-0.1, -0.05) is 18.2 Å². The van der Waals surface area contributed by atoms with Crippen molar-refractivity contribution in [3.63, 3.8) is 0 Å². The Kier molecular flexibility index (Phi) is 4.74. The number of nitrogens with zero attached hydrogens (tertiary/aromatic N) is 1. The van der Waals surface area contributed by atoms with Crippen molar-refractivity contribution < 1.29 is 19.8 Å². The molecular formula is C15H19NO4. The third-order valence-corrected chi connectivity index (χ3v) is 3.81. The lowest BCUT2D eigenvalue weighted by molar-refractivity contribution is -0.132. The molecular weight excluding hydrogens is 258 g/mol. The zero-order chi connectivity index (χ0) is 14.5. The lowest BCUT2D eigenvalue weighted by atomic mass is 9.97. The SMILES string of the molecule is O=C(O)c1ccccc1CC(=O)N1CCC(CO)CC1. The average molecular weight is 277 g/mol. The summed E-state index contributed by atoms with van der Waals surface area (Å²) in [6.45, 7) is 1.45. The fraction of sp³-hybridized carbons (Fsp3) is 0.467. The monoisotopic (exact) mass is 277 g/mol. The molecule has 0 atom stereocenters. The number of likely N-dealkylation sites (tertiary alicyclic amines) is 1. The van der Waals surface area contributed by atoms with Crippen LogP contribution in [0.25, 0.3) is 0 Å². The number of carbonyl (C=O) groups is 2. The highest BCUT2D eigenvalue weighted by molar-refractivity contribution is 5.91. The van der Waals surface area contributed by atoms with Crippen molar-refractivity contribution >= 4 is 11.9 Å². The highest BCUT2D eigenvalue weighted by atomic mass is 16.4. The molecule has 1 aromatic rings. The molecule has 0 spiro atoms. The van der Waals surface area contributed by atoms with Gasteiger partial charge >= 0.3 is 5.97 Å². The Morgan fingerprint density at radius 2 is 1.85 bits per heavy atom. The topological polar surface area (TPSA) is 77.8 Å². The van der Waals surface area contributed by atoms with E-state index in [-0.39, 0.29) is 30.4 Å². The van der Waals surface area contributed by atoms with Crippen LogP contribution in [-0.2, 0) is 11.2 Å². The zero-order valence-electron chi connectivity index (χ0n) is 11.3. The summed E-state index contributed by atoms with van der Waals surface area (Å²) < 4.78 is 0. The number of aliphatic hydroxyl groups is 1. The van der Waals surface area contributed by atoms with Crippen molar-refractivity contribution in [2.45, 2.75) is 19.3 Å². The predicted octanol–water partition coefficient (Wildman–Crippen LogP) is 1.16. The van der Waals surface area contributed by atoms with Gasteiger partial charge in [-0.05, 0) is 30.4 Å². The van der Waals surface area contributed by atoms with Crippen molar-refractivity contribution in [1.82, 2.24) is 4.90 Å². The molecule has 108 valence electrons. The van der Waals surface area contributed by atoms with E-state index in [0.717, 1.165) is 12.8 Å². The van der Waals surface area contributed by atoms with Gasteiger partial charge in [-0.15, -0.1) is 0 Å². The van der Waals surface area contributed by atoms with Crippen LogP contribution < -0.4 is 0 Å². The second-order valence-corrected chi connectivity index (χ2v) is 5.15. The van der Waals surface area contributed by atoms with Crippen molar-refractivity contribution in [2.75, 3.05) is 19.7 Å². The maximum atomic E-state index is 12.2. The second-order valence-electron chi connectivity index (χ2n) is 5.15. The number of piperidine rings is 1. The summed E-state index contributed by atoms with van der Waals surface area (Å²) in [4.78, 5) is 25.1. The Morgan fingerprint density at radius 3 is 2.45 bits per heavy atom. The van der Waals surface area contributed by atoms with Gasteiger partial charge < -0.3 is 15.1 Å². The standard InChI is InChI=1S/C15H19NO4/c17-10-11-5-7-16(8-6-11)14(18)9-12-3-1-2-4-13(12)15(19)20/h1-4,11,17H,5-10H2,(H,19,20). The Morgan fingerprint density at radius 1 is 1.20 bits per heavy atom. The number of amides is 1. The summed E-state index contributed by atoms with van der Waals surface area (Å²) >= 11 is 0. The third-order valence-electron chi connectivity index (χ3n) is 3.81. The smallest absolute Gasteiger partial charge is 0.335 e. The van der Waals surface area contributed by atoms with Gasteiger partial charge in [0.1, 0.15) is 0 Å². The van der Waals surface area contributed by atoms with Crippen LogP contribution in [0, 0.1) is 5.92 Å². The van der Waals surface area contributed by atoms with E-state index in [1.807, 2.05) is 0 Å². The first-order valence-corrected chi connectivity index (χ1v) is 6.81. The van der Waals surface area contributed by atoms with Gasteiger partial charge in [0.15, 0.2) is 0 Å². The van der Waals surface area contributed by atoms with Crippen LogP contribution in [0.15, 0.2) is 24.3 Å². The molecule has 1 aliphatic rings. The largest absolute Gasteiger partial charge is 0.478 e. The van der Waals surface area contributed by atoms with Gasteiger partial charge in [0.2, 0.25) is 5.91 Å². The summed E-state index contributed by atoms with van der Waals surface area (Å²) in [6.07, 6.45) is 1.73. The molecule has 2 N–H and O–H groups in total. The number of carbonyl (C=O) groups excluding carboxylic acids is 1. The van der Waals surface area contributed by atoms with Crippen LogP contribution in [-0.4, -0.2) is 46.7 Å². The van der Waals surface area contributed by atoms with Gasteiger partial charge in [0.05, 0.1) is 12.0 Å². The van der Waals surface area contributed by atoms with Crippen LogP contribution >= 0.6 is 0 Å². The van der Waals surface area contributed by atoms with E-state index in [1.165, 1.54) is 6.07 Å². The van der Waals surface area contributed by atoms with E-state index in [2.05, 4.69) is 0 Å². The molecule has 1 fully saturated rings. The fourth-order valence-corrected chi connectivity index (χ4v) is 2.52. The van der Waals surface area contributed by atoms with E-state index < -0.39 is 5.97 Å². The number of benzene rings is 1. The molecule has 20 heavy (non-hydrogen) atoms. The van der Waals surface area contributed by atoms with E-state index in [0.29, 0.717) is 18.7 Å². The Balaban J connectivity index is 2.00. The third kappa shape index (κ3) is 3.36. The molecule has 1 aliphatic heterocycles. The van der Waals surface area contributed by atoms with Crippen LogP contribution in [0.2, 0.25) is 0 Å². The van der Waals surface area contributed by atoms with E-state index in [9.17, 15) is 9.59 Å². The average Bonchev–Trinajstić information content (AvgIpc) is 2.47. The number of carboxylic acids is 1. The molecule has 0 unspecified atom stereocenters. The number of rotatable bonds is 4. The number of carboxylic acid groups (broad SMARTS) is 1. The zero-order valence-corrected chi connectivity index (χ0v) is 11.3. The molecule has 5 nitrogen and oxygen atoms in total. The fourth-order valence-electron chi connectivity index (χ4n) is 2.52. The molecule has 1 amide bonds. The van der Waals surface area contributed by atoms with E-state index >= 15 is 0 Å². The lowest BCUT2D eigenvalue weighted by Crippen LogP contribution is -2.40. The van der Waals surface area contributed by atoms with Gasteiger partial charge in [0.25, 0.3) is 0 Å². The molecule has 0 saturated carbocycles. The Labute approximate surface area is 117 Å². The number of aliphatic hydroxyl groups excluding tert-OH is 1. The molecule has 0 bridgehead atoms. The van der Waals surface area contributed by atoms with Crippen LogP contribution in [0.3, 0.4) is 0 Å². The van der Waals surface area contributed by atoms with Crippen molar-refractivity contribution in [1.29, 1.82) is 0 Å². The molecule has 0 aromatic heterocycles. The van der Waals surface area contributed by atoms with E-state index in [1.54, 1.807) is 23.1 Å². The van der Waals surface area contributed by atoms with Crippen LogP contribution in [0.4, 0.5) is 0 Å². The normalized spacial score (nSPS) is 16.1. The molecule has 0 radical (unpaired) electrons. The quantitative estimate of drug-likeness (QED) is 0.865. The van der Waals surface area contributed by atoms with E-state index in [4.69, 9.17) is 10.2 Å². The second kappa shape index (κ2) is 6.52. The van der Waals surface area contributed by atoms with Gasteiger partial charge in [-0.2, -0.15) is 0 Å². The molecule has 0 aliphatic carbocycles. The summed E-state index contributed by atoms with van der Waals surface area (Å²) in [5.41, 5.74) is 0.736. The summed E-state index contributed by atoms with van der Waals surface area (Å²) in [5.74, 6) is -0.771. The van der Waals surface area contributed by atoms with Crippen molar-refractivity contribution in [3.8, 4) is 0 Å². The minimum absolute atomic E-state index is 0.0462. The highest BCUT2D eigenvalue weighted by Crippen LogP contribution is 2.18. The molecule has 2 rings (SSSR count). The number of aromatic carboxylic acids is 1. The summed E-state index contributed by atoms with van der Waals surface area (Å²) in [5, 5.41) is 18.2. The molecule has 1 aromatic carbocycles. The van der Waals surface area contributed by atoms with Crippen LogP contribution in [0.1, 0.15) is 28.8 Å². The Bertz CT molecular complexity index is 492. The van der Waals surface area contributed by atoms with Gasteiger partial charge in [-0.25, -0.2) is 4.79 Å².